The van der Waals surface area contributed by atoms with Gasteiger partial charge in [-0.05, 0) is 46.6 Å². The van der Waals surface area contributed by atoms with Crippen LogP contribution in [0.3, 0.4) is 0 Å². The van der Waals surface area contributed by atoms with Crippen molar-refractivity contribution >= 4 is 21.6 Å². The zero-order chi connectivity index (χ0) is 11.5. The van der Waals surface area contributed by atoms with Crippen molar-refractivity contribution in [3.05, 3.63) is 52.1 Å². The molecule has 1 N–H and O–H groups in total. The van der Waals surface area contributed by atoms with Crippen molar-refractivity contribution in [3.63, 3.8) is 0 Å². The highest BCUT2D eigenvalue weighted by Crippen LogP contribution is 2.20. The molecule has 1 aromatic heterocycles. The first-order valence-electron chi connectivity index (χ1n) is 4.88. The molecule has 0 saturated heterocycles. The van der Waals surface area contributed by atoms with Crippen LogP contribution in [-0.2, 0) is 6.54 Å². The summed E-state index contributed by atoms with van der Waals surface area (Å²) in [5, 5.41) is 3.09. The Morgan fingerprint density at radius 2 is 2.19 bits per heavy atom. The molecule has 2 rings (SSSR count). The quantitative estimate of drug-likeness (QED) is 0.917. The largest absolute Gasteiger partial charge is 0.466 e. The van der Waals surface area contributed by atoms with Crippen LogP contribution in [0.5, 0.6) is 0 Å². The van der Waals surface area contributed by atoms with E-state index in [1.807, 2.05) is 12.1 Å². The Hall–Kier alpha value is -1.29. The van der Waals surface area contributed by atoms with Gasteiger partial charge in [-0.15, -0.1) is 0 Å². The topological polar surface area (TPSA) is 25.2 Å². The monoisotopic (exact) mass is 283 g/mol. The SMILES string of the molecule is Cc1ccc(NCc2occc2Br)cc1F. The molecule has 0 fully saturated rings. The average Bonchev–Trinajstić information content (AvgIpc) is 2.66. The third-order valence-corrected chi connectivity index (χ3v) is 3.02. The molecule has 0 amide bonds. The van der Waals surface area contributed by atoms with E-state index >= 15 is 0 Å². The lowest BCUT2D eigenvalue weighted by Gasteiger charge is -2.06. The van der Waals surface area contributed by atoms with Gasteiger partial charge in [0.15, 0.2) is 0 Å². The van der Waals surface area contributed by atoms with Gasteiger partial charge < -0.3 is 9.73 Å². The Morgan fingerprint density at radius 3 is 2.81 bits per heavy atom. The zero-order valence-corrected chi connectivity index (χ0v) is 10.3. The third-order valence-electron chi connectivity index (χ3n) is 2.32. The predicted molar refractivity (Wildman–Crippen MR) is 64.9 cm³/mol. The Bertz CT molecular complexity index is 496. The Balaban J connectivity index is 2.05. The van der Waals surface area contributed by atoms with E-state index in [9.17, 15) is 4.39 Å². The van der Waals surface area contributed by atoms with Gasteiger partial charge in [-0.1, -0.05) is 6.07 Å². The van der Waals surface area contributed by atoms with Crippen LogP contribution in [0.1, 0.15) is 11.3 Å². The highest BCUT2D eigenvalue weighted by molar-refractivity contribution is 9.10. The van der Waals surface area contributed by atoms with Crippen LogP contribution in [0, 0.1) is 12.7 Å². The maximum atomic E-state index is 13.3. The molecule has 0 atom stereocenters. The van der Waals surface area contributed by atoms with Crippen LogP contribution >= 0.6 is 15.9 Å². The van der Waals surface area contributed by atoms with E-state index in [1.165, 1.54) is 6.07 Å². The van der Waals surface area contributed by atoms with Gasteiger partial charge in [-0.3, -0.25) is 0 Å². The fourth-order valence-electron chi connectivity index (χ4n) is 1.34. The summed E-state index contributed by atoms with van der Waals surface area (Å²) in [6, 6.07) is 6.89. The van der Waals surface area contributed by atoms with Crippen LogP contribution in [0.15, 0.2) is 39.4 Å². The van der Waals surface area contributed by atoms with Crippen molar-refractivity contribution in [1.82, 2.24) is 0 Å². The highest BCUT2D eigenvalue weighted by Gasteiger charge is 2.04. The highest BCUT2D eigenvalue weighted by atomic mass is 79.9. The predicted octanol–water partition coefficient (Wildman–Crippen LogP) is 4.10. The van der Waals surface area contributed by atoms with Gasteiger partial charge in [0.05, 0.1) is 17.3 Å². The first kappa shape index (κ1) is 11.2. The van der Waals surface area contributed by atoms with Crippen LogP contribution in [0.2, 0.25) is 0 Å². The minimum Gasteiger partial charge on any atom is -0.466 e. The van der Waals surface area contributed by atoms with Crippen molar-refractivity contribution in [2.24, 2.45) is 0 Å². The maximum Gasteiger partial charge on any atom is 0.136 e. The Labute approximate surface area is 102 Å². The van der Waals surface area contributed by atoms with Crippen molar-refractivity contribution in [1.29, 1.82) is 0 Å². The second-order valence-electron chi connectivity index (χ2n) is 3.51. The molecule has 4 heteroatoms. The number of halogens is 2. The summed E-state index contributed by atoms with van der Waals surface area (Å²) in [5.41, 5.74) is 1.39. The summed E-state index contributed by atoms with van der Waals surface area (Å²) in [6.07, 6.45) is 1.61. The van der Waals surface area contributed by atoms with E-state index in [4.69, 9.17) is 4.42 Å². The van der Waals surface area contributed by atoms with Crippen molar-refractivity contribution in [2.75, 3.05) is 5.32 Å². The number of hydrogen-bond acceptors (Lipinski definition) is 2. The van der Waals surface area contributed by atoms with Crippen molar-refractivity contribution in [2.45, 2.75) is 13.5 Å². The molecule has 0 bridgehead atoms. The van der Waals surface area contributed by atoms with Gasteiger partial charge in [0.25, 0.3) is 0 Å². The van der Waals surface area contributed by atoms with E-state index < -0.39 is 0 Å². The fourth-order valence-corrected chi connectivity index (χ4v) is 1.68. The van der Waals surface area contributed by atoms with E-state index in [0.717, 1.165) is 15.9 Å². The van der Waals surface area contributed by atoms with Gasteiger partial charge in [-0.2, -0.15) is 0 Å². The summed E-state index contributed by atoms with van der Waals surface area (Å²) < 4.78 is 19.4. The minimum absolute atomic E-state index is 0.205. The van der Waals surface area contributed by atoms with Gasteiger partial charge in [0.1, 0.15) is 11.6 Å². The summed E-state index contributed by atoms with van der Waals surface area (Å²) in [7, 11) is 0. The molecule has 0 aliphatic carbocycles. The first-order valence-corrected chi connectivity index (χ1v) is 5.68. The molecule has 1 aromatic carbocycles. The summed E-state index contributed by atoms with van der Waals surface area (Å²) in [5.74, 6) is 0.587. The smallest absolute Gasteiger partial charge is 0.136 e. The van der Waals surface area contributed by atoms with Crippen LogP contribution in [-0.4, -0.2) is 0 Å². The summed E-state index contributed by atoms with van der Waals surface area (Å²) in [6.45, 7) is 2.26. The molecule has 0 unspecified atom stereocenters. The van der Waals surface area contributed by atoms with Crippen LogP contribution in [0.25, 0.3) is 0 Å². The van der Waals surface area contributed by atoms with Gasteiger partial charge in [0, 0.05) is 5.69 Å². The second-order valence-corrected chi connectivity index (χ2v) is 4.36. The Kier molecular flexibility index (Phi) is 3.29. The van der Waals surface area contributed by atoms with E-state index in [0.29, 0.717) is 12.1 Å². The van der Waals surface area contributed by atoms with Crippen LogP contribution < -0.4 is 5.32 Å². The van der Waals surface area contributed by atoms with E-state index in [-0.39, 0.29) is 5.82 Å². The number of hydrogen-bond donors (Lipinski definition) is 1. The average molecular weight is 284 g/mol. The molecule has 0 saturated carbocycles. The maximum absolute atomic E-state index is 13.3. The number of aryl methyl sites for hydroxylation is 1. The molecule has 0 spiro atoms. The van der Waals surface area contributed by atoms with Gasteiger partial charge >= 0.3 is 0 Å². The normalized spacial score (nSPS) is 10.4. The number of anilines is 1. The molecule has 0 aliphatic heterocycles. The molecule has 84 valence electrons. The molecule has 0 radical (unpaired) electrons. The zero-order valence-electron chi connectivity index (χ0n) is 8.76. The molecule has 1 heterocycles. The number of benzene rings is 1. The van der Waals surface area contributed by atoms with Crippen molar-refractivity contribution in [3.8, 4) is 0 Å². The molecule has 16 heavy (non-hydrogen) atoms. The van der Waals surface area contributed by atoms with Gasteiger partial charge in [0.2, 0.25) is 0 Å². The lowest BCUT2D eigenvalue weighted by Crippen LogP contribution is -1.99. The molecule has 2 aromatic rings. The number of nitrogens with one attached hydrogen (secondary N) is 1. The standard InChI is InChI=1S/C12H11BrFNO/c1-8-2-3-9(6-11(8)14)15-7-12-10(13)4-5-16-12/h2-6,15H,7H2,1H3. The molecule has 2 nitrogen and oxygen atoms in total. The number of rotatable bonds is 3. The van der Waals surface area contributed by atoms with Gasteiger partial charge in [-0.25, -0.2) is 4.39 Å². The van der Waals surface area contributed by atoms with Crippen LogP contribution in [0.4, 0.5) is 10.1 Å². The Morgan fingerprint density at radius 1 is 1.38 bits per heavy atom. The van der Waals surface area contributed by atoms with E-state index in [1.54, 1.807) is 19.3 Å². The number of furan rings is 1. The molecular formula is C12H11BrFNO. The molecule has 0 aliphatic rings. The lowest BCUT2D eigenvalue weighted by molar-refractivity contribution is 0.516. The van der Waals surface area contributed by atoms with Crippen molar-refractivity contribution < 1.29 is 8.81 Å². The second kappa shape index (κ2) is 4.70. The summed E-state index contributed by atoms with van der Waals surface area (Å²) in [4.78, 5) is 0. The first-order chi connectivity index (χ1) is 7.66. The van der Waals surface area contributed by atoms with E-state index in [2.05, 4.69) is 21.2 Å². The third kappa shape index (κ3) is 2.44. The molecular weight excluding hydrogens is 273 g/mol. The lowest BCUT2D eigenvalue weighted by atomic mass is 10.2. The fraction of sp³-hybridized carbons (Fsp3) is 0.167. The minimum atomic E-state index is -0.205. The summed E-state index contributed by atoms with van der Waals surface area (Å²) >= 11 is 3.36.